The number of fused-ring (bicyclic) bond motifs is 1. The Morgan fingerprint density at radius 1 is 1.28 bits per heavy atom. The molecule has 0 saturated carbocycles. The average molecular weight is 377 g/mol. The van der Waals surface area contributed by atoms with Gasteiger partial charge in [0.15, 0.2) is 10.9 Å². The van der Waals surface area contributed by atoms with E-state index >= 15 is 0 Å². The molecule has 0 saturated heterocycles. The zero-order chi connectivity index (χ0) is 17.8. The van der Waals surface area contributed by atoms with Crippen LogP contribution in [0.5, 0.6) is 11.5 Å². The molecule has 5 nitrogen and oxygen atoms in total. The van der Waals surface area contributed by atoms with Crippen molar-refractivity contribution in [3.8, 4) is 11.5 Å². The summed E-state index contributed by atoms with van der Waals surface area (Å²) in [5, 5.41) is 4.18. The SMILES string of the molecule is CCOc1ccc2nc(NCC(=O)c3ccc(OC)c(Cl)c3)sc2c1. The molecular weight excluding hydrogens is 360 g/mol. The lowest BCUT2D eigenvalue weighted by Gasteiger charge is -2.06. The number of nitrogens with zero attached hydrogens (tertiary/aromatic N) is 1. The van der Waals surface area contributed by atoms with Gasteiger partial charge < -0.3 is 14.8 Å². The summed E-state index contributed by atoms with van der Waals surface area (Å²) >= 11 is 7.55. The first-order chi connectivity index (χ1) is 12.1. The molecule has 0 aliphatic heterocycles. The molecule has 0 aliphatic rings. The topological polar surface area (TPSA) is 60.5 Å². The molecule has 130 valence electrons. The maximum atomic E-state index is 12.3. The van der Waals surface area contributed by atoms with Crippen LogP contribution in [0, 0.1) is 0 Å². The monoisotopic (exact) mass is 376 g/mol. The molecule has 7 heteroatoms. The van der Waals surface area contributed by atoms with Crippen LogP contribution < -0.4 is 14.8 Å². The Labute approximate surface area is 154 Å². The number of benzene rings is 2. The number of thiazole rings is 1. The Balaban J connectivity index is 1.69. The van der Waals surface area contributed by atoms with E-state index in [1.807, 2.05) is 25.1 Å². The van der Waals surface area contributed by atoms with Crippen LogP contribution in [0.2, 0.25) is 5.02 Å². The number of carbonyl (C=O) groups excluding carboxylic acids is 1. The molecule has 25 heavy (non-hydrogen) atoms. The molecular formula is C18H17ClN2O3S. The largest absolute Gasteiger partial charge is 0.495 e. The van der Waals surface area contributed by atoms with E-state index in [1.165, 1.54) is 18.4 Å². The highest BCUT2D eigenvalue weighted by molar-refractivity contribution is 7.22. The minimum absolute atomic E-state index is 0.0705. The van der Waals surface area contributed by atoms with Crippen molar-refractivity contribution >= 4 is 44.1 Å². The fourth-order valence-corrected chi connectivity index (χ4v) is 3.48. The molecule has 0 atom stereocenters. The highest BCUT2D eigenvalue weighted by Gasteiger charge is 2.11. The van der Waals surface area contributed by atoms with Crippen molar-refractivity contribution in [1.82, 2.24) is 4.98 Å². The number of methoxy groups -OCH3 is 1. The molecule has 0 fully saturated rings. The van der Waals surface area contributed by atoms with Crippen molar-refractivity contribution in [2.75, 3.05) is 25.6 Å². The zero-order valence-electron chi connectivity index (χ0n) is 13.8. The fourth-order valence-electron chi connectivity index (χ4n) is 2.33. The van der Waals surface area contributed by atoms with Crippen LogP contribution in [0.15, 0.2) is 36.4 Å². The lowest BCUT2D eigenvalue weighted by molar-refractivity contribution is 0.101. The van der Waals surface area contributed by atoms with Crippen LogP contribution in [0.25, 0.3) is 10.2 Å². The molecule has 1 aromatic heterocycles. The summed E-state index contributed by atoms with van der Waals surface area (Å²) in [6.07, 6.45) is 0. The standard InChI is InChI=1S/C18H17ClN2O3S/c1-3-24-12-5-6-14-17(9-12)25-18(21-14)20-10-15(22)11-4-7-16(23-2)13(19)8-11/h4-9H,3,10H2,1-2H3,(H,20,21). The van der Waals surface area contributed by atoms with Crippen LogP contribution in [0.3, 0.4) is 0 Å². The Bertz CT molecular complexity index is 910. The minimum Gasteiger partial charge on any atom is -0.495 e. The van der Waals surface area contributed by atoms with Crippen LogP contribution in [-0.2, 0) is 0 Å². The minimum atomic E-state index is -0.0705. The molecule has 2 aromatic carbocycles. The van der Waals surface area contributed by atoms with Crippen LogP contribution >= 0.6 is 22.9 Å². The number of nitrogens with one attached hydrogen (secondary N) is 1. The van der Waals surface area contributed by atoms with E-state index in [4.69, 9.17) is 21.1 Å². The Morgan fingerprint density at radius 3 is 2.84 bits per heavy atom. The Hall–Kier alpha value is -2.31. The third-order valence-corrected chi connectivity index (χ3v) is 4.82. The average Bonchev–Trinajstić information content (AvgIpc) is 3.02. The van der Waals surface area contributed by atoms with Gasteiger partial charge in [0.2, 0.25) is 0 Å². The summed E-state index contributed by atoms with van der Waals surface area (Å²) in [6.45, 7) is 2.70. The van der Waals surface area contributed by atoms with Gasteiger partial charge in [-0.15, -0.1) is 0 Å². The number of rotatable bonds is 7. The van der Waals surface area contributed by atoms with Gasteiger partial charge in [0, 0.05) is 5.56 Å². The third-order valence-electron chi connectivity index (χ3n) is 3.54. The second kappa shape index (κ2) is 7.72. The highest BCUT2D eigenvalue weighted by atomic mass is 35.5. The number of ether oxygens (including phenoxy) is 2. The normalized spacial score (nSPS) is 10.7. The van der Waals surface area contributed by atoms with Gasteiger partial charge in [-0.1, -0.05) is 22.9 Å². The van der Waals surface area contributed by atoms with Gasteiger partial charge >= 0.3 is 0 Å². The molecule has 0 spiro atoms. The van der Waals surface area contributed by atoms with Crippen LogP contribution in [0.1, 0.15) is 17.3 Å². The van der Waals surface area contributed by atoms with Gasteiger partial charge in [0.1, 0.15) is 11.5 Å². The molecule has 3 rings (SSSR count). The predicted octanol–water partition coefficient (Wildman–Crippen LogP) is 4.65. The quantitative estimate of drug-likeness (QED) is 0.608. The van der Waals surface area contributed by atoms with Gasteiger partial charge in [-0.2, -0.15) is 0 Å². The second-order valence-electron chi connectivity index (χ2n) is 5.21. The van der Waals surface area contributed by atoms with E-state index in [1.54, 1.807) is 18.2 Å². The maximum Gasteiger partial charge on any atom is 0.184 e. The van der Waals surface area contributed by atoms with Gasteiger partial charge in [-0.05, 0) is 43.3 Å². The molecule has 0 bridgehead atoms. The number of aromatic nitrogens is 1. The molecule has 1 N–H and O–H groups in total. The number of ketones is 1. The highest BCUT2D eigenvalue weighted by Crippen LogP contribution is 2.29. The first-order valence-corrected chi connectivity index (χ1v) is 8.94. The molecule has 1 heterocycles. The summed E-state index contributed by atoms with van der Waals surface area (Å²) in [7, 11) is 1.54. The van der Waals surface area contributed by atoms with Gasteiger partial charge in [0.05, 0.1) is 35.5 Å². The summed E-state index contributed by atoms with van der Waals surface area (Å²) < 4.78 is 11.6. The van der Waals surface area contributed by atoms with E-state index < -0.39 is 0 Å². The second-order valence-corrected chi connectivity index (χ2v) is 6.65. The molecule has 0 aliphatic carbocycles. The number of Topliss-reactive ketones (excluding diaryl/α,β-unsaturated/α-hetero) is 1. The molecule has 0 unspecified atom stereocenters. The summed E-state index contributed by atoms with van der Waals surface area (Å²) in [5.74, 6) is 1.29. The van der Waals surface area contributed by atoms with Crippen molar-refractivity contribution < 1.29 is 14.3 Å². The number of carbonyl (C=O) groups is 1. The molecule has 0 radical (unpaired) electrons. The Kier molecular flexibility index (Phi) is 5.40. The molecule has 0 amide bonds. The number of hydrogen-bond acceptors (Lipinski definition) is 6. The number of halogens is 1. The van der Waals surface area contributed by atoms with Gasteiger partial charge in [0.25, 0.3) is 0 Å². The van der Waals surface area contributed by atoms with Crippen LogP contribution in [0.4, 0.5) is 5.13 Å². The van der Waals surface area contributed by atoms with Gasteiger partial charge in [-0.3, -0.25) is 4.79 Å². The van der Waals surface area contributed by atoms with E-state index in [0.717, 1.165) is 16.0 Å². The van der Waals surface area contributed by atoms with Crippen molar-refractivity contribution in [2.45, 2.75) is 6.92 Å². The third kappa shape index (κ3) is 4.03. The maximum absolute atomic E-state index is 12.3. The number of hydrogen-bond donors (Lipinski definition) is 1. The first-order valence-electron chi connectivity index (χ1n) is 7.74. The predicted molar refractivity (Wildman–Crippen MR) is 102 cm³/mol. The van der Waals surface area contributed by atoms with E-state index in [2.05, 4.69) is 10.3 Å². The summed E-state index contributed by atoms with van der Waals surface area (Å²) in [4.78, 5) is 16.8. The van der Waals surface area contributed by atoms with Crippen molar-refractivity contribution in [1.29, 1.82) is 0 Å². The van der Waals surface area contributed by atoms with E-state index in [-0.39, 0.29) is 12.3 Å². The Morgan fingerprint density at radius 2 is 2.12 bits per heavy atom. The van der Waals surface area contributed by atoms with E-state index in [0.29, 0.717) is 28.1 Å². The van der Waals surface area contributed by atoms with Crippen molar-refractivity contribution in [2.24, 2.45) is 0 Å². The summed E-state index contributed by atoms with van der Waals surface area (Å²) in [6, 6.07) is 10.7. The lowest BCUT2D eigenvalue weighted by Crippen LogP contribution is -2.13. The lowest BCUT2D eigenvalue weighted by atomic mass is 10.1. The smallest absolute Gasteiger partial charge is 0.184 e. The van der Waals surface area contributed by atoms with Gasteiger partial charge in [-0.25, -0.2) is 4.98 Å². The van der Waals surface area contributed by atoms with Crippen molar-refractivity contribution in [3.63, 3.8) is 0 Å². The first kappa shape index (κ1) is 17.5. The van der Waals surface area contributed by atoms with Crippen LogP contribution in [-0.4, -0.2) is 31.0 Å². The summed E-state index contributed by atoms with van der Waals surface area (Å²) in [5.41, 5.74) is 1.40. The van der Waals surface area contributed by atoms with Crippen molar-refractivity contribution in [3.05, 3.63) is 47.0 Å². The zero-order valence-corrected chi connectivity index (χ0v) is 15.4. The van der Waals surface area contributed by atoms with E-state index in [9.17, 15) is 4.79 Å². The molecule has 3 aromatic rings. The fraction of sp³-hybridized carbons (Fsp3) is 0.222. The number of anilines is 1.